The second-order valence-corrected chi connectivity index (χ2v) is 5.32. The van der Waals surface area contributed by atoms with Gasteiger partial charge < -0.3 is 10.0 Å². The van der Waals surface area contributed by atoms with Gasteiger partial charge in [0.2, 0.25) is 0 Å². The molecule has 1 aromatic rings. The van der Waals surface area contributed by atoms with Crippen LogP contribution in [0.15, 0.2) is 24.3 Å². The lowest BCUT2D eigenvalue weighted by Gasteiger charge is -2.20. The number of rotatable bonds is 5. The maximum Gasteiger partial charge on any atom is 0.0681 e. The average Bonchev–Trinajstić information content (AvgIpc) is 2.82. The zero-order valence-electron chi connectivity index (χ0n) is 10.7. The first kappa shape index (κ1) is 12.6. The Labute approximate surface area is 104 Å². The molecule has 1 saturated carbocycles. The molecule has 0 bridgehead atoms. The van der Waals surface area contributed by atoms with Gasteiger partial charge in [-0.2, -0.15) is 0 Å². The standard InChI is InChI=1S/C15H23NO/c1-16(10-13-4-2-3-5-13)11-14-6-8-15(12-17)9-7-14/h6-9,13,17H,2-5,10-12H2,1H3. The third-order valence-electron chi connectivity index (χ3n) is 3.70. The molecule has 1 fully saturated rings. The van der Waals surface area contributed by atoms with Crippen molar-refractivity contribution in [2.24, 2.45) is 5.92 Å². The third kappa shape index (κ3) is 3.83. The van der Waals surface area contributed by atoms with E-state index >= 15 is 0 Å². The minimum atomic E-state index is 0.137. The molecule has 0 spiro atoms. The Morgan fingerprint density at radius 2 is 1.71 bits per heavy atom. The van der Waals surface area contributed by atoms with Crippen LogP contribution in [0.4, 0.5) is 0 Å². The molecule has 0 saturated heterocycles. The summed E-state index contributed by atoms with van der Waals surface area (Å²) in [6, 6.07) is 8.27. The van der Waals surface area contributed by atoms with E-state index in [2.05, 4.69) is 24.1 Å². The van der Waals surface area contributed by atoms with Crippen molar-refractivity contribution < 1.29 is 5.11 Å². The van der Waals surface area contributed by atoms with Crippen molar-refractivity contribution in [3.63, 3.8) is 0 Å². The zero-order chi connectivity index (χ0) is 12.1. The zero-order valence-corrected chi connectivity index (χ0v) is 10.7. The predicted molar refractivity (Wildman–Crippen MR) is 70.7 cm³/mol. The largest absolute Gasteiger partial charge is 0.392 e. The minimum absolute atomic E-state index is 0.137. The lowest BCUT2D eigenvalue weighted by Crippen LogP contribution is -2.24. The first-order chi connectivity index (χ1) is 8.28. The van der Waals surface area contributed by atoms with Gasteiger partial charge in [0.1, 0.15) is 0 Å². The number of hydrogen-bond acceptors (Lipinski definition) is 2. The van der Waals surface area contributed by atoms with E-state index < -0.39 is 0 Å². The third-order valence-corrected chi connectivity index (χ3v) is 3.70. The van der Waals surface area contributed by atoms with Crippen LogP contribution < -0.4 is 0 Å². The summed E-state index contributed by atoms with van der Waals surface area (Å²) in [5.74, 6) is 0.914. The second-order valence-electron chi connectivity index (χ2n) is 5.32. The summed E-state index contributed by atoms with van der Waals surface area (Å²) in [6.07, 6.45) is 5.66. The fourth-order valence-electron chi connectivity index (χ4n) is 2.76. The molecular weight excluding hydrogens is 210 g/mol. The fraction of sp³-hybridized carbons (Fsp3) is 0.600. The highest BCUT2D eigenvalue weighted by Gasteiger charge is 2.16. The molecule has 0 unspecified atom stereocenters. The molecule has 1 aliphatic rings. The summed E-state index contributed by atoms with van der Waals surface area (Å²) < 4.78 is 0. The van der Waals surface area contributed by atoms with Crippen LogP contribution in [0.1, 0.15) is 36.8 Å². The molecule has 1 N–H and O–H groups in total. The Bertz CT molecular complexity index is 327. The monoisotopic (exact) mass is 233 g/mol. The maximum absolute atomic E-state index is 8.99. The number of nitrogens with zero attached hydrogens (tertiary/aromatic N) is 1. The van der Waals surface area contributed by atoms with Crippen LogP contribution in [0.3, 0.4) is 0 Å². The Morgan fingerprint density at radius 3 is 2.29 bits per heavy atom. The number of aliphatic hydroxyl groups is 1. The maximum atomic E-state index is 8.99. The van der Waals surface area contributed by atoms with Gasteiger partial charge in [-0.3, -0.25) is 0 Å². The van der Waals surface area contributed by atoms with Crippen LogP contribution in [0.25, 0.3) is 0 Å². The van der Waals surface area contributed by atoms with Crippen molar-refractivity contribution in [2.75, 3.05) is 13.6 Å². The first-order valence-corrected chi connectivity index (χ1v) is 6.65. The van der Waals surface area contributed by atoms with Crippen molar-refractivity contribution in [1.29, 1.82) is 0 Å². The topological polar surface area (TPSA) is 23.5 Å². The van der Waals surface area contributed by atoms with Crippen LogP contribution in [0.2, 0.25) is 0 Å². The highest BCUT2D eigenvalue weighted by molar-refractivity contribution is 5.21. The van der Waals surface area contributed by atoms with Gasteiger partial charge in [-0.25, -0.2) is 0 Å². The number of aliphatic hydroxyl groups excluding tert-OH is 1. The minimum Gasteiger partial charge on any atom is -0.392 e. The molecule has 94 valence electrons. The molecule has 0 heterocycles. The van der Waals surface area contributed by atoms with Crippen molar-refractivity contribution in [3.05, 3.63) is 35.4 Å². The van der Waals surface area contributed by atoms with Crippen LogP contribution in [-0.2, 0) is 13.2 Å². The summed E-state index contributed by atoms with van der Waals surface area (Å²) in [7, 11) is 2.21. The summed E-state index contributed by atoms with van der Waals surface area (Å²) in [5.41, 5.74) is 2.33. The van der Waals surface area contributed by atoms with Crippen molar-refractivity contribution in [1.82, 2.24) is 4.90 Å². The van der Waals surface area contributed by atoms with Crippen molar-refractivity contribution >= 4 is 0 Å². The summed E-state index contributed by atoms with van der Waals surface area (Å²) in [5, 5.41) is 8.99. The molecule has 1 aromatic carbocycles. The summed E-state index contributed by atoms with van der Waals surface area (Å²) >= 11 is 0. The molecule has 0 aliphatic heterocycles. The Morgan fingerprint density at radius 1 is 1.12 bits per heavy atom. The van der Waals surface area contributed by atoms with E-state index in [1.165, 1.54) is 37.8 Å². The fourth-order valence-corrected chi connectivity index (χ4v) is 2.76. The van der Waals surface area contributed by atoms with Gasteiger partial charge in [-0.05, 0) is 36.9 Å². The lowest BCUT2D eigenvalue weighted by atomic mass is 10.1. The van der Waals surface area contributed by atoms with Crippen molar-refractivity contribution in [3.8, 4) is 0 Å². The predicted octanol–water partition coefficient (Wildman–Crippen LogP) is 2.80. The van der Waals surface area contributed by atoms with Crippen LogP contribution in [-0.4, -0.2) is 23.6 Å². The van der Waals surface area contributed by atoms with Gasteiger partial charge in [-0.15, -0.1) is 0 Å². The Balaban J connectivity index is 1.81. The molecule has 0 aromatic heterocycles. The van der Waals surface area contributed by atoms with Crippen molar-refractivity contribution in [2.45, 2.75) is 38.8 Å². The first-order valence-electron chi connectivity index (χ1n) is 6.65. The highest BCUT2D eigenvalue weighted by atomic mass is 16.3. The van der Waals surface area contributed by atoms with Crippen LogP contribution in [0.5, 0.6) is 0 Å². The molecule has 2 nitrogen and oxygen atoms in total. The quantitative estimate of drug-likeness (QED) is 0.845. The summed E-state index contributed by atoms with van der Waals surface area (Å²) in [4.78, 5) is 2.42. The van der Waals surface area contributed by atoms with Crippen LogP contribution in [0, 0.1) is 5.92 Å². The van der Waals surface area contributed by atoms with E-state index in [1.807, 2.05) is 12.1 Å². The van der Waals surface area contributed by atoms with Gasteiger partial charge in [0, 0.05) is 13.1 Å². The lowest BCUT2D eigenvalue weighted by molar-refractivity contribution is 0.270. The van der Waals surface area contributed by atoms with E-state index in [9.17, 15) is 0 Å². The Kier molecular flexibility index (Phi) is 4.57. The Hall–Kier alpha value is -0.860. The van der Waals surface area contributed by atoms with Gasteiger partial charge >= 0.3 is 0 Å². The van der Waals surface area contributed by atoms with E-state index in [0.717, 1.165) is 18.0 Å². The summed E-state index contributed by atoms with van der Waals surface area (Å²) in [6.45, 7) is 2.38. The number of benzene rings is 1. The smallest absolute Gasteiger partial charge is 0.0681 e. The molecule has 0 radical (unpaired) electrons. The SMILES string of the molecule is CN(Cc1ccc(CO)cc1)CC1CCCC1. The molecule has 2 rings (SSSR count). The van der Waals surface area contributed by atoms with Gasteiger partial charge in [0.05, 0.1) is 6.61 Å². The molecule has 2 heteroatoms. The normalized spacial score (nSPS) is 16.9. The molecule has 17 heavy (non-hydrogen) atoms. The molecule has 0 amide bonds. The van der Waals surface area contributed by atoms with E-state index in [0.29, 0.717) is 0 Å². The van der Waals surface area contributed by atoms with E-state index in [4.69, 9.17) is 5.11 Å². The van der Waals surface area contributed by atoms with E-state index in [1.54, 1.807) is 0 Å². The number of hydrogen-bond donors (Lipinski definition) is 1. The average molecular weight is 233 g/mol. The van der Waals surface area contributed by atoms with Crippen LogP contribution >= 0.6 is 0 Å². The molecule has 1 aliphatic carbocycles. The second kappa shape index (κ2) is 6.18. The van der Waals surface area contributed by atoms with Gasteiger partial charge in [0.15, 0.2) is 0 Å². The molecule has 0 atom stereocenters. The highest BCUT2D eigenvalue weighted by Crippen LogP contribution is 2.25. The van der Waals surface area contributed by atoms with E-state index in [-0.39, 0.29) is 6.61 Å². The molecular formula is C15H23NO. The van der Waals surface area contributed by atoms with Gasteiger partial charge in [-0.1, -0.05) is 37.1 Å². The van der Waals surface area contributed by atoms with Gasteiger partial charge in [0.25, 0.3) is 0 Å².